The molecule has 0 atom stereocenters. The minimum absolute atomic E-state index is 0.574. The van der Waals surface area contributed by atoms with Gasteiger partial charge in [0.15, 0.2) is 0 Å². The average Bonchev–Trinajstić information content (AvgIpc) is 2.64. The van der Waals surface area contributed by atoms with E-state index in [9.17, 15) is 0 Å². The van der Waals surface area contributed by atoms with E-state index in [4.69, 9.17) is 21.1 Å². The summed E-state index contributed by atoms with van der Waals surface area (Å²) in [5.41, 5.74) is 3.69. The van der Waals surface area contributed by atoms with E-state index in [1.165, 1.54) is 11.1 Å². The van der Waals surface area contributed by atoms with Crippen LogP contribution in [0.15, 0.2) is 42.5 Å². The number of hydrogen-bond acceptors (Lipinski definition) is 4. The summed E-state index contributed by atoms with van der Waals surface area (Å²) in [5.74, 6) is 0.891. The summed E-state index contributed by atoms with van der Waals surface area (Å²) >= 11 is 6.09. The number of ether oxygens (including phenoxy) is 2. The van der Waals surface area contributed by atoms with Gasteiger partial charge in [0.1, 0.15) is 5.75 Å². The van der Waals surface area contributed by atoms with Crippen molar-refractivity contribution in [3.63, 3.8) is 0 Å². The lowest BCUT2D eigenvalue weighted by molar-refractivity contribution is 0.122. The zero-order valence-electron chi connectivity index (χ0n) is 15.6. The van der Waals surface area contributed by atoms with Crippen LogP contribution < -0.4 is 4.74 Å². The third-order valence-corrected chi connectivity index (χ3v) is 5.05. The lowest BCUT2D eigenvalue weighted by atomic mass is 10.1. The van der Waals surface area contributed by atoms with E-state index in [1.807, 2.05) is 18.2 Å². The summed E-state index contributed by atoms with van der Waals surface area (Å²) < 4.78 is 10.7. The van der Waals surface area contributed by atoms with Gasteiger partial charge in [0.25, 0.3) is 0 Å². The average molecular weight is 375 g/mol. The number of halogens is 1. The lowest BCUT2D eigenvalue weighted by Gasteiger charge is -2.34. The highest BCUT2D eigenvalue weighted by atomic mass is 35.5. The van der Waals surface area contributed by atoms with Crippen LogP contribution in [0, 0.1) is 0 Å². The largest absolute Gasteiger partial charge is 0.496 e. The van der Waals surface area contributed by atoms with Crippen molar-refractivity contribution in [2.24, 2.45) is 0 Å². The Morgan fingerprint density at radius 1 is 0.885 bits per heavy atom. The van der Waals surface area contributed by atoms with Gasteiger partial charge in [-0.15, -0.1) is 0 Å². The molecule has 0 saturated carbocycles. The fraction of sp³-hybridized carbons (Fsp3) is 0.429. The molecule has 5 heteroatoms. The van der Waals surface area contributed by atoms with Gasteiger partial charge in [0.05, 0.1) is 13.7 Å². The molecule has 0 unspecified atom stereocenters. The summed E-state index contributed by atoms with van der Waals surface area (Å²) in [5, 5.41) is 0.813. The summed E-state index contributed by atoms with van der Waals surface area (Å²) in [6.45, 7) is 6.81. The molecule has 1 aliphatic rings. The lowest BCUT2D eigenvalue weighted by Crippen LogP contribution is -2.45. The van der Waals surface area contributed by atoms with Crippen LogP contribution in [0.2, 0.25) is 5.02 Å². The summed E-state index contributed by atoms with van der Waals surface area (Å²) in [6.07, 6.45) is 0. The summed E-state index contributed by atoms with van der Waals surface area (Å²) in [7, 11) is 3.42. The van der Waals surface area contributed by atoms with E-state index < -0.39 is 0 Å². The first-order valence-corrected chi connectivity index (χ1v) is 9.39. The molecule has 0 radical (unpaired) electrons. The highest BCUT2D eigenvalue weighted by Gasteiger charge is 2.17. The van der Waals surface area contributed by atoms with Crippen molar-refractivity contribution in [3.05, 3.63) is 64.2 Å². The minimum atomic E-state index is 0.574. The Morgan fingerprint density at radius 2 is 1.54 bits per heavy atom. The maximum Gasteiger partial charge on any atom is 0.124 e. The van der Waals surface area contributed by atoms with Crippen LogP contribution in [0.5, 0.6) is 5.75 Å². The third-order valence-electron chi connectivity index (χ3n) is 4.81. The molecule has 0 aliphatic carbocycles. The number of benzene rings is 2. The topological polar surface area (TPSA) is 24.9 Å². The molecule has 1 saturated heterocycles. The third kappa shape index (κ3) is 5.21. The molecule has 2 aromatic carbocycles. The Bertz CT molecular complexity index is 715. The van der Waals surface area contributed by atoms with E-state index in [-0.39, 0.29) is 0 Å². The standard InChI is InChI=1S/C21H27ClN2O2/c1-25-16-19-12-18(6-7-21(19)26-2)15-24-10-8-23(9-11-24)14-17-4-3-5-20(22)13-17/h3-7,12-13H,8-11,14-16H2,1-2H3. The maximum absolute atomic E-state index is 6.09. The van der Waals surface area contributed by atoms with Gasteiger partial charge in [0, 0.05) is 57.0 Å². The van der Waals surface area contributed by atoms with Gasteiger partial charge in [-0.1, -0.05) is 29.8 Å². The molecular weight excluding hydrogens is 348 g/mol. The van der Waals surface area contributed by atoms with Gasteiger partial charge in [0.2, 0.25) is 0 Å². The molecule has 1 aliphatic heterocycles. The quantitative estimate of drug-likeness (QED) is 0.735. The highest BCUT2D eigenvalue weighted by Crippen LogP contribution is 2.22. The van der Waals surface area contributed by atoms with Gasteiger partial charge in [-0.05, 0) is 35.4 Å². The van der Waals surface area contributed by atoms with E-state index in [0.717, 1.165) is 55.6 Å². The van der Waals surface area contributed by atoms with Crippen molar-refractivity contribution in [1.29, 1.82) is 0 Å². The van der Waals surface area contributed by atoms with Crippen molar-refractivity contribution < 1.29 is 9.47 Å². The Morgan fingerprint density at radius 3 is 2.12 bits per heavy atom. The molecule has 4 nitrogen and oxygen atoms in total. The molecule has 0 spiro atoms. The van der Waals surface area contributed by atoms with E-state index in [0.29, 0.717) is 6.61 Å². The number of hydrogen-bond donors (Lipinski definition) is 0. The van der Waals surface area contributed by atoms with Gasteiger partial charge in [-0.2, -0.15) is 0 Å². The maximum atomic E-state index is 6.09. The molecule has 1 heterocycles. The van der Waals surface area contributed by atoms with Crippen molar-refractivity contribution in [2.75, 3.05) is 40.4 Å². The Balaban J connectivity index is 1.53. The summed E-state index contributed by atoms with van der Waals surface area (Å²) in [4.78, 5) is 5.00. The molecule has 3 rings (SSSR count). The zero-order valence-corrected chi connectivity index (χ0v) is 16.3. The van der Waals surface area contributed by atoms with Crippen molar-refractivity contribution in [1.82, 2.24) is 9.80 Å². The van der Waals surface area contributed by atoms with Crippen LogP contribution >= 0.6 is 11.6 Å². The van der Waals surface area contributed by atoms with Crippen molar-refractivity contribution in [3.8, 4) is 5.75 Å². The second kappa shape index (κ2) is 9.38. The Labute approximate surface area is 161 Å². The second-order valence-electron chi connectivity index (χ2n) is 6.76. The van der Waals surface area contributed by atoms with Crippen LogP contribution in [-0.4, -0.2) is 50.2 Å². The van der Waals surface area contributed by atoms with E-state index >= 15 is 0 Å². The van der Waals surface area contributed by atoms with Gasteiger partial charge < -0.3 is 9.47 Å². The first-order valence-electron chi connectivity index (χ1n) is 9.02. The highest BCUT2D eigenvalue weighted by molar-refractivity contribution is 6.30. The monoisotopic (exact) mass is 374 g/mol. The molecule has 1 fully saturated rings. The number of methoxy groups -OCH3 is 2. The molecule has 2 aromatic rings. The Hall–Kier alpha value is -1.59. The van der Waals surface area contributed by atoms with Crippen LogP contribution in [0.1, 0.15) is 16.7 Å². The molecule has 140 valence electrons. The number of rotatable bonds is 7. The second-order valence-corrected chi connectivity index (χ2v) is 7.20. The normalized spacial score (nSPS) is 16.0. The van der Waals surface area contributed by atoms with Gasteiger partial charge in [-0.3, -0.25) is 9.80 Å². The van der Waals surface area contributed by atoms with E-state index in [2.05, 4.69) is 34.1 Å². The molecule has 0 amide bonds. The number of piperazine rings is 1. The molecular formula is C21H27ClN2O2. The van der Waals surface area contributed by atoms with Crippen LogP contribution in [0.25, 0.3) is 0 Å². The van der Waals surface area contributed by atoms with E-state index in [1.54, 1.807) is 14.2 Å². The van der Waals surface area contributed by atoms with Gasteiger partial charge >= 0.3 is 0 Å². The predicted octanol–water partition coefficient (Wildman–Crippen LogP) is 3.81. The first kappa shape index (κ1) is 19.2. The molecule has 26 heavy (non-hydrogen) atoms. The van der Waals surface area contributed by atoms with Crippen molar-refractivity contribution in [2.45, 2.75) is 19.7 Å². The molecule has 0 N–H and O–H groups in total. The minimum Gasteiger partial charge on any atom is -0.496 e. The SMILES string of the molecule is COCc1cc(CN2CCN(Cc3cccc(Cl)c3)CC2)ccc1OC. The van der Waals surface area contributed by atoms with Crippen LogP contribution in [0.3, 0.4) is 0 Å². The fourth-order valence-corrected chi connectivity index (χ4v) is 3.67. The zero-order chi connectivity index (χ0) is 18.4. The van der Waals surface area contributed by atoms with Crippen LogP contribution in [-0.2, 0) is 24.4 Å². The molecule has 0 bridgehead atoms. The first-order chi connectivity index (χ1) is 12.7. The predicted molar refractivity (Wildman–Crippen MR) is 106 cm³/mol. The number of nitrogens with zero attached hydrogens (tertiary/aromatic N) is 2. The van der Waals surface area contributed by atoms with Crippen molar-refractivity contribution >= 4 is 11.6 Å². The smallest absolute Gasteiger partial charge is 0.124 e. The molecule has 0 aromatic heterocycles. The fourth-order valence-electron chi connectivity index (χ4n) is 3.46. The Kier molecular flexibility index (Phi) is 6.92. The van der Waals surface area contributed by atoms with Crippen LogP contribution in [0.4, 0.5) is 0 Å². The van der Waals surface area contributed by atoms with Gasteiger partial charge in [-0.25, -0.2) is 0 Å². The summed E-state index contributed by atoms with van der Waals surface area (Å²) in [6, 6.07) is 14.5.